The van der Waals surface area contributed by atoms with E-state index >= 15 is 0 Å². The van der Waals surface area contributed by atoms with Crippen molar-refractivity contribution in [1.29, 1.82) is 0 Å². The Hall–Kier alpha value is -2.03. The van der Waals surface area contributed by atoms with Gasteiger partial charge in [0.15, 0.2) is 0 Å². The van der Waals surface area contributed by atoms with Crippen molar-refractivity contribution in [3.05, 3.63) is 6.33 Å². The van der Waals surface area contributed by atoms with Gasteiger partial charge in [-0.2, -0.15) is 10.1 Å². The van der Waals surface area contributed by atoms with Crippen molar-refractivity contribution >= 4 is 11.9 Å². The largest absolute Gasteiger partial charge is 0.353 e. The molecule has 0 unspecified atom stereocenters. The first-order chi connectivity index (χ1) is 7.86. The number of nitrogens with one attached hydrogen (secondary N) is 2. The first kappa shape index (κ1) is 12.0. The van der Waals surface area contributed by atoms with Gasteiger partial charge in [0.05, 0.1) is 6.54 Å². The molecule has 0 saturated heterocycles. The lowest BCUT2D eigenvalue weighted by Crippen LogP contribution is -2.16. The summed E-state index contributed by atoms with van der Waals surface area (Å²) in [6.45, 7) is 2.16. The van der Waals surface area contributed by atoms with Gasteiger partial charge < -0.3 is 22.2 Å². The number of hydrogen-bond acceptors (Lipinski definition) is 8. The molecule has 0 amide bonds. The highest BCUT2D eigenvalue weighted by Gasteiger charge is 1.98. The van der Waals surface area contributed by atoms with Gasteiger partial charge in [0.2, 0.25) is 11.9 Å². The summed E-state index contributed by atoms with van der Waals surface area (Å²) in [5.74, 6) is 5.82. The third-order valence-corrected chi connectivity index (χ3v) is 1.58. The third-order valence-electron chi connectivity index (χ3n) is 1.58. The number of aromatic nitrogens is 3. The van der Waals surface area contributed by atoms with Gasteiger partial charge in [-0.1, -0.05) is 5.22 Å². The molecule has 9 heteroatoms. The molecule has 1 rings (SSSR count). The Kier molecular flexibility index (Phi) is 5.48. The van der Waals surface area contributed by atoms with Gasteiger partial charge in [-0.15, -0.1) is 0 Å². The maximum atomic E-state index is 5.34. The molecule has 0 fully saturated rings. The molecule has 6 N–H and O–H groups in total. The monoisotopic (exact) mass is 225 g/mol. The fourth-order valence-corrected chi connectivity index (χ4v) is 0.926. The summed E-state index contributed by atoms with van der Waals surface area (Å²) in [4.78, 5) is 12.0. The minimum atomic E-state index is 0.466. The minimum absolute atomic E-state index is 0.466. The van der Waals surface area contributed by atoms with E-state index < -0.39 is 0 Å². The summed E-state index contributed by atoms with van der Waals surface area (Å²) in [6.07, 6.45) is 1.42. The van der Waals surface area contributed by atoms with Crippen molar-refractivity contribution in [1.82, 2.24) is 15.0 Å². The zero-order valence-electron chi connectivity index (χ0n) is 8.80. The Balaban J connectivity index is 2.40. The van der Waals surface area contributed by atoms with Gasteiger partial charge >= 0.3 is 0 Å². The fourth-order valence-electron chi connectivity index (χ4n) is 0.926. The normalized spacial score (nSPS) is 10.6. The van der Waals surface area contributed by atoms with Gasteiger partial charge in [-0.3, -0.25) is 0 Å². The highest BCUT2D eigenvalue weighted by Crippen LogP contribution is 2.00. The summed E-state index contributed by atoms with van der Waals surface area (Å²) >= 11 is 0. The van der Waals surface area contributed by atoms with Gasteiger partial charge in [0.1, 0.15) is 6.33 Å². The third kappa shape index (κ3) is 4.46. The molecule has 1 aromatic heterocycles. The van der Waals surface area contributed by atoms with Crippen LogP contribution in [0.25, 0.3) is 0 Å². The molecule has 0 bridgehead atoms. The highest BCUT2D eigenvalue weighted by atomic mass is 15.3. The van der Waals surface area contributed by atoms with E-state index in [0.717, 1.165) is 0 Å². The van der Waals surface area contributed by atoms with Gasteiger partial charge in [-0.05, 0) is 0 Å². The van der Waals surface area contributed by atoms with Gasteiger partial charge in [-0.25, -0.2) is 9.97 Å². The average Bonchev–Trinajstić information content (AvgIpc) is 2.33. The second-order valence-corrected chi connectivity index (χ2v) is 2.76. The van der Waals surface area contributed by atoms with Crippen LogP contribution in [0.5, 0.6) is 0 Å². The quantitative estimate of drug-likeness (QED) is 0.201. The molecule has 88 valence electrons. The van der Waals surface area contributed by atoms with E-state index in [1.54, 1.807) is 0 Å². The van der Waals surface area contributed by atoms with Crippen LogP contribution in [0.1, 0.15) is 0 Å². The van der Waals surface area contributed by atoms with Crippen LogP contribution in [-0.2, 0) is 0 Å². The molecule has 9 nitrogen and oxygen atoms in total. The van der Waals surface area contributed by atoms with Crippen LogP contribution in [0.2, 0.25) is 0 Å². The highest BCUT2D eigenvalue weighted by molar-refractivity contribution is 5.32. The van der Waals surface area contributed by atoms with E-state index in [2.05, 4.69) is 35.9 Å². The smallest absolute Gasteiger partial charge is 0.227 e. The van der Waals surface area contributed by atoms with Gasteiger partial charge in [0.25, 0.3) is 0 Å². The SMILES string of the molecule is NCCNc1ncnc(NCCN=NN)n1. The van der Waals surface area contributed by atoms with Crippen molar-refractivity contribution in [3.8, 4) is 0 Å². The fraction of sp³-hybridized carbons (Fsp3) is 0.571. The second-order valence-electron chi connectivity index (χ2n) is 2.76. The van der Waals surface area contributed by atoms with E-state index in [4.69, 9.17) is 11.6 Å². The zero-order chi connectivity index (χ0) is 11.6. The summed E-state index contributed by atoms with van der Waals surface area (Å²) in [6, 6.07) is 0. The number of nitrogens with two attached hydrogens (primary N) is 2. The Morgan fingerprint density at radius 3 is 2.50 bits per heavy atom. The molecule has 0 aliphatic rings. The molecule has 1 aromatic rings. The Bertz CT molecular complexity index is 325. The van der Waals surface area contributed by atoms with Crippen LogP contribution >= 0.6 is 0 Å². The molecular weight excluding hydrogens is 210 g/mol. The molecule has 16 heavy (non-hydrogen) atoms. The average molecular weight is 225 g/mol. The number of rotatable bonds is 7. The summed E-state index contributed by atoms with van der Waals surface area (Å²) in [5, 5.41) is 12.6. The molecule has 0 aromatic carbocycles. The van der Waals surface area contributed by atoms with Crippen LogP contribution in [0.4, 0.5) is 11.9 Å². The van der Waals surface area contributed by atoms with Crippen LogP contribution in [0.15, 0.2) is 16.7 Å². The minimum Gasteiger partial charge on any atom is -0.353 e. The molecule has 0 spiro atoms. The standard InChI is InChI=1S/C7H15N9/c8-1-2-10-6-12-5-13-7(15-6)11-3-4-14-16-9/h5H,1-4,8H2,(H2,9,14)(H2,10,11,12,13,15). The van der Waals surface area contributed by atoms with Crippen molar-refractivity contribution in [2.75, 3.05) is 36.8 Å². The summed E-state index contributed by atoms with van der Waals surface area (Å²) < 4.78 is 0. The van der Waals surface area contributed by atoms with Crippen LogP contribution in [0.3, 0.4) is 0 Å². The predicted octanol–water partition coefficient (Wildman–Crippen LogP) is -1.02. The molecule has 0 aliphatic carbocycles. The Morgan fingerprint density at radius 1 is 1.19 bits per heavy atom. The van der Waals surface area contributed by atoms with Crippen LogP contribution < -0.4 is 22.2 Å². The molecule has 0 aliphatic heterocycles. The van der Waals surface area contributed by atoms with Crippen molar-refractivity contribution in [2.45, 2.75) is 0 Å². The summed E-state index contributed by atoms with van der Waals surface area (Å²) in [5.41, 5.74) is 5.34. The predicted molar refractivity (Wildman–Crippen MR) is 59.8 cm³/mol. The molecule has 1 heterocycles. The van der Waals surface area contributed by atoms with E-state index in [1.807, 2.05) is 0 Å². The molecule has 0 saturated carbocycles. The van der Waals surface area contributed by atoms with E-state index in [-0.39, 0.29) is 0 Å². The maximum Gasteiger partial charge on any atom is 0.227 e. The molecule has 0 atom stereocenters. The topological polar surface area (TPSA) is 139 Å². The summed E-state index contributed by atoms with van der Waals surface area (Å²) in [7, 11) is 0. The van der Waals surface area contributed by atoms with E-state index in [0.29, 0.717) is 38.1 Å². The van der Waals surface area contributed by atoms with Gasteiger partial charge in [0, 0.05) is 19.6 Å². The number of hydrogen-bond donors (Lipinski definition) is 4. The second kappa shape index (κ2) is 7.29. The first-order valence-electron chi connectivity index (χ1n) is 4.80. The maximum absolute atomic E-state index is 5.34. The number of nitrogens with zero attached hydrogens (tertiary/aromatic N) is 5. The lowest BCUT2D eigenvalue weighted by Gasteiger charge is -2.05. The van der Waals surface area contributed by atoms with Crippen molar-refractivity contribution in [3.63, 3.8) is 0 Å². The van der Waals surface area contributed by atoms with E-state index in [1.165, 1.54) is 6.33 Å². The van der Waals surface area contributed by atoms with Crippen molar-refractivity contribution < 1.29 is 0 Å². The first-order valence-corrected chi connectivity index (χ1v) is 4.80. The molecular formula is C7H15N9. The zero-order valence-corrected chi connectivity index (χ0v) is 8.80. The van der Waals surface area contributed by atoms with Crippen LogP contribution in [-0.4, -0.2) is 41.1 Å². The lowest BCUT2D eigenvalue weighted by atomic mass is 10.6. The lowest BCUT2D eigenvalue weighted by molar-refractivity contribution is 0.877. The number of anilines is 2. The van der Waals surface area contributed by atoms with Crippen LogP contribution in [0, 0.1) is 0 Å². The Labute approximate surface area is 92.7 Å². The van der Waals surface area contributed by atoms with Crippen molar-refractivity contribution in [2.24, 2.45) is 21.9 Å². The molecule has 0 radical (unpaired) electrons. The van der Waals surface area contributed by atoms with E-state index in [9.17, 15) is 0 Å². The Morgan fingerprint density at radius 2 is 1.88 bits per heavy atom.